The van der Waals surface area contributed by atoms with Crippen LogP contribution >= 0.6 is 0 Å². The van der Waals surface area contributed by atoms with Gasteiger partial charge in [0.05, 0.1) is 17.6 Å². The Bertz CT molecular complexity index is 751. The highest BCUT2D eigenvalue weighted by Gasteiger charge is 2.21. The number of aromatic nitrogens is 1. The molecule has 0 bridgehead atoms. The van der Waals surface area contributed by atoms with Crippen LogP contribution in [-0.4, -0.2) is 40.5 Å². The number of benzene rings is 1. The fourth-order valence-corrected chi connectivity index (χ4v) is 2.47. The fourth-order valence-electron chi connectivity index (χ4n) is 2.47. The topological polar surface area (TPSA) is 111 Å². The number of carboxylic acid groups (broad SMARTS) is 1. The molecule has 0 aliphatic rings. The molecule has 7 nitrogen and oxygen atoms in total. The minimum Gasteiger partial charge on any atom is -0.480 e. The molecule has 2 amide bonds. The van der Waals surface area contributed by atoms with Crippen molar-refractivity contribution < 1.29 is 19.5 Å². The number of hydrogen-bond acceptors (Lipinski definition) is 3. The lowest BCUT2D eigenvalue weighted by molar-refractivity contribution is -0.142. The number of fused-ring (bicyclic) bond motifs is 1. The van der Waals surface area contributed by atoms with Crippen molar-refractivity contribution in [2.24, 2.45) is 5.92 Å². The zero-order valence-corrected chi connectivity index (χ0v) is 13.6. The van der Waals surface area contributed by atoms with Gasteiger partial charge in [0.1, 0.15) is 6.04 Å². The van der Waals surface area contributed by atoms with Gasteiger partial charge < -0.3 is 20.7 Å². The van der Waals surface area contributed by atoms with E-state index in [0.29, 0.717) is 17.5 Å². The molecule has 2 rings (SSSR count). The first kappa shape index (κ1) is 17.5. The van der Waals surface area contributed by atoms with Crippen LogP contribution < -0.4 is 10.6 Å². The van der Waals surface area contributed by atoms with Crippen molar-refractivity contribution in [1.29, 1.82) is 0 Å². The third-order valence-electron chi connectivity index (χ3n) is 3.58. The van der Waals surface area contributed by atoms with Gasteiger partial charge in [0.25, 0.3) is 5.91 Å². The van der Waals surface area contributed by atoms with Crippen LogP contribution in [0, 0.1) is 5.92 Å². The molecule has 24 heavy (non-hydrogen) atoms. The summed E-state index contributed by atoms with van der Waals surface area (Å²) in [5.41, 5.74) is 1.13. The Kier molecular flexibility index (Phi) is 5.57. The van der Waals surface area contributed by atoms with Gasteiger partial charge in [-0.2, -0.15) is 0 Å². The van der Waals surface area contributed by atoms with Crippen molar-refractivity contribution in [3.05, 3.63) is 36.0 Å². The van der Waals surface area contributed by atoms with Gasteiger partial charge in [-0.25, -0.2) is 4.79 Å². The average Bonchev–Trinajstić information content (AvgIpc) is 2.99. The number of nitrogens with one attached hydrogen (secondary N) is 3. The number of para-hydroxylation sites is 1. The highest BCUT2D eigenvalue weighted by atomic mass is 16.4. The zero-order chi connectivity index (χ0) is 17.7. The Balaban J connectivity index is 1.94. The van der Waals surface area contributed by atoms with Crippen LogP contribution in [0.4, 0.5) is 0 Å². The number of H-pyrrole nitrogens is 1. The van der Waals surface area contributed by atoms with Gasteiger partial charge >= 0.3 is 5.97 Å². The Morgan fingerprint density at radius 3 is 2.62 bits per heavy atom. The Morgan fingerprint density at radius 1 is 1.21 bits per heavy atom. The van der Waals surface area contributed by atoms with Gasteiger partial charge in [-0.05, 0) is 24.5 Å². The van der Waals surface area contributed by atoms with Crippen LogP contribution in [0.3, 0.4) is 0 Å². The first-order chi connectivity index (χ1) is 11.4. The molecule has 1 atom stereocenters. The van der Waals surface area contributed by atoms with E-state index in [9.17, 15) is 14.4 Å². The molecule has 1 aromatic heterocycles. The molecule has 128 valence electrons. The Hall–Kier alpha value is -2.83. The third-order valence-corrected chi connectivity index (χ3v) is 3.58. The minimum atomic E-state index is -1.08. The van der Waals surface area contributed by atoms with E-state index >= 15 is 0 Å². The second-order valence-electron chi connectivity index (χ2n) is 6.02. The fraction of sp³-hybridized carbons (Fsp3) is 0.353. The summed E-state index contributed by atoms with van der Waals surface area (Å²) < 4.78 is 0. The molecule has 0 saturated heterocycles. The van der Waals surface area contributed by atoms with E-state index < -0.39 is 23.8 Å². The van der Waals surface area contributed by atoms with Gasteiger partial charge in [-0.1, -0.05) is 26.0 Å². The second-order valence-corrected chi connectivity index (χ2v) is 6.02. The summed E-state index contributed by atoms with van der Waals surface area (Å²) in [4.78, 5) is 38.2. The van der Waals surface area contributed by atoms with Crippen LogP contribution in [0.2, 0.25) is 0 Å². The van der Waals surface area contributed by atoms with Gasteiger partial charge in [0.2, 0.25) is 5.91 Å². The summed E-state index contributed by atoms with van der Waals surface area (Å²) in [5, 5.41) is 15.0. The molecule has 0 unspecified atom stereocenters. The SMILES string of the molecule is CC(C)C[C@H](NC(=O)CNC(=O)c1cccc2cc[nH]c12)C(=O)O. The Labute approximate surface area is 139 Å². The summed E-state index contributed by atoms with van der Waals surface area (Å²) in [6.45, 7) is 3.47. The third kappa shape index (κ3) is 4.34. The molecule has 0 aliphatic heterocycles. The summed E-state index contributed by atoms with van der Waals surface area (Å²) in [6.07, 6.45) is 2.06. The maximum absolute atomic E-state index is 12.2. The number of carbonyl (C=O) groups is 3. The number of aliphatic carboxylic acids is 1. The van der Waals surface area contributed by atoms with E-state index in [1.807, 2.05) is 26.0 Å². The van der Waals surface area contributed by atoms with E-state index in [2.05, 4.69) is 15.6 Å². The highest BCUT2D eigenvalue weighted by Crippen LogP contribution is 2.16. The summed E-state index contributed by atoms with van der Waals surface area (Å²) in [6, 6.07) is 6.18. The van der Waals surface area contributed by atoms with Crippen molar-refractivity contribution in [1.82, 2.24) is 15.6 Å². The first-order valence-electron chi connectivity index (χ1n) is 7.75. The van der Waals surface area contributed by atoms with E-state index in [1.54, 1.807) is 18.3 Å². The van der Waals surface area contributed by atoms with Crippen LogP contribution in [0.25, 0.3) is 10.9 Å². The molecule has 2 aromatic rings. The number of aromatic amines is 1. The maximum Gasteiger partial charge on any atom is 0.326 e. The number of carbonyl (C=O) groups excluding carboxylic acids is 2. The standard InChI is InChI=1S/C17H21N3O4/c1-10(2)8-13(17(23)24)20-14(21)9-19-16(22)12-5-3-4-11-6-7-18-15(11)12/h3-7,10,13,18H,8-9H2,1-2H3,(H,19,22)(H,20,21)(H,23,24)/t13-/m0/s1. The van der Waals surface area contributed by atoms with Crippen LogP contribution in [0.5, 0.6) is 0 Å². The quantitative estimate of drug-likeness (QED) is 0.616. The van der Waals surface area contributed by atoms with E-state index in [4.69, 9.17) is 5.11 Å². The molecule has 0 saturated carbocycles. The van der Waals surface area contributed by atoms with Gasteiger partial charge in [-0.15, -0.1) is 0 Å². The Morgan fingerprint density at radius 2 is 1.96 bits per heavy atom. The molecule has 1 aromatic carbocycles. The summed E-state index contributed by atoms with van der Waals surface area (Å²) in [5.74, 6) is -1.88. The molecule has 1 heterocycles. The lowest BCUT2D eigenvalue weighted by Crippen LogP contribution is -2.46. The van der Waals surface area contributed by atoms with Gasteiger partial charge in [-0.3, -0.25) is 9.59 Å². The predicted octanol–water partition coefficient (Wildman–Crippen LogP) is 1.51. The van der Waals surface area contributed by atoms with E-state index in [-0.39, 0.29) is 12.5 Å². The van der Waals surface area contributed by atoms with Gasteiger partial charge in [0.15, 0.2) is 0 Å². The maximum atomic E-state index is 12.2. The predicted molar refractivity (Wildman–Crippen MR) is 89.7 cm³/mol. The van der Waals surface area contributed by atoms with Gasteiger partial charge in [0, 0.05) is 11.6 Å². The lowest BCUT2D eigenvalue weighted by atomic mass is 10.0. The molecule has 4 N–H and O–H groups in total. The van der Waals surface area contributed by atoms with Crippen molar-refractivity contribution in [2.45, 2.75) is 26.3 Å². The van der Waals surface area contributed by atoms with Crippen LogP contribution in [0.15, 0.2) is 30.5 Å². The van der Waals surface area contributed by atoms with E-state index in [0.717, 1.165) is 5.39 Å². The average molecular weight is 331 g/mol. The van der Waals surface area contributed by atoms with Crippen molar-refractivity contribution in [3.8, 4) is 0 Å². The number of hydrogen-bond donors (Lipinski definition) is 4. The second kappa shape index (κ2) is 7.63. The lowest BCUT2D eigenvalue weighted by Gasteiger charge is -2.16. The molecule has 0 aliphatic carbocycles. The van der Waals surface area contributed by atoms with Crippen LogP contribution in [0.1, 0.15) is 30.6 Å². The zero-order valence-electron chi connectivity index (χ0n) is 13.6. The molecular formula is C17H21N3O4. The summed E-state index contributed by atoms with van der Waals surface area (Å²) in [7, 11) is 0. The number of amides is 2. The number of rotatable bonds is 7. The molecule has 0 fully saturated rings. The molecule has 0 radical (unpaired) electrons. The van der Waals surface area contributed by atoms with Crippen molar-refractivity contribution >= 4 is 28.7 Å². The molecular weight excluding hydrogens is 310 g/mol. The first-order valence-corrected chi connectivity index (χ1v) is 7.75. The van der Waals surface area contributed by atoms with E-state index in [1.165, 1.54) is 0 Å². The minimum absolute atomic E-state index is 0.131. The molecule has 0 spiro atoms. The normalized spacial score (nSPS) is 12.1. The van der Waals surface area contributed by atoms with Crippen molar-refractivity contribution in [2.75, 3.05) is 6.54 Å². The van der Waals surface area contributed by atoms with Crippen molar-refractivity contribution in [3.63, 3.8) is 0 Å². The monoisotopic (exact) mass is 331 g/mol. The molecule has 7 heteroatoms. The summed E-state index contributed by atoms with van der Waals surface area (Å²) >= 11 is 0. The highest BCUT2D eigenvalue weighted by molar-refractivity contribution is 6.06. The smallest absolute Gasteiger partial charge is 0.326 e. The van der Waals surface area contributed by atoms with Crippen LogP contribution in [-0.2, 0) is 9.59 Å². The largest absolute Gasteiger partial charge is 0.480 e. The number of carboxylic acids is 1.